The highest BCUT2D eigenvalue weighted by Crippen LogP contribution is 2.65. The largest absolute Gasteiger partial charge is 0.461 e. The van der Waals surface area contributed by atoms with Crippen LogP contribution in [0, 0.1) is 22.7 Å². The maximum absolute atomic E-state index is 12.6. The van der Waals surface area contributed by atoms with Crippen molar-refractivity contribution in [1.82, 2.24) is 0 Å². The van der Waals surface area contributed by atoms with E-state index < -0.39 is 59.1 Å². The third-order valence-electron chi connectivity index (χ3n) is 8.11. The van der Waals surface area contributed by atoms with E-state index in [1.165, 1.54) is 6.92 Å². The average molecular weight is 421 g/mol. The standard InChI is InChI=1S/C23H32O7/c1-8-11(2)20(26)30-17-10-16(25)22(6)12(3)9-15-18(13(4)21(27)29-15)19(23(17,22)7)28-14(5)24/h8,12,15-19,25H,4,9-10H2,1-3,5-7H3/b11-8-/t12-,15+,16+,17-,18-,19-,22-,23+/m1/s1. The maximum atomic E-state index is 12.6. The van der Waals surface area contributed by atoms with E-state index >= 15 is 0 Å². The van der Waals surface area contributed by atoms with Crippen molar-refractivity contribution in [3.05, 3.63) is 23.8 Å². The third kappa shape index (κ3) is 3.01. The lowest BCUT2D eigenvalue weighted by atomic mass is 9.57. The molecule has 3 aliphatic rings. The molecular weight excluding hydrogens is 388 g/mol. The summed E-state index contributed by atoms with van der Waals surface area (Å²) in [6, 6.07) is 0. The highest BCUT2D eigenvalue weighted by Gasteiger charge is 2.72. The lowest BCUT2D eigenvalue weighted by Gasteiger charge is -2.50. The van der Waals surface area contributed by atoms with Crippen molar-refractivity contribution in [2.75, 3.05) is 0 Å². The van der Waals surface area contributed by atoms with Gasteiger partial charge in [0.15, 0.2) is 0 Å². The molecule has 0 aromatic heterocycles. The zero-order chi connectivity index (χ0) is 22.6. The van der Waals surface area contributed by atoms with E-state index in [-0.39, 0.29) is 17.9 Å². The molecule has 3 rings (SSSR count). The molecule has 0 aromatic carbocycles. The maximum Gasteiger partial charge on any atom is 0.334 e. The van der Waals surface area contributed by atoms with Gasteiger partial charge in [0.05, 0.1) is 17.4 Å². The molecule has 7 nitrogen and oxygen atoms in total. The van der Waals surface area contributed by atoms with Crippen molar-refractivity contribution in [2.45, 2.75) is 78.8 Å². The van der Waals surface area contributed by atoms with Crippen LogP contribution >= 0.6 is 0 Å². The number of carbonyl (C=O) groups is 3. The molecule has 166 valence electrons. The first-order chi connectivity index (χ1) is 13.9. The second-order valence-electron chi connectivity index (χ2n) is 9.34. The summed E-state index contributed by atoms with van der Waals surface area (Å²) >= 11 is 0. The molecular formula is C23H32O7. The van der Waals surface area contributed by atoms with Gasteiger partial charge in [0.25, 0.3) is 0 Å². The molecule has 1 heterocycles. The topological polar surface area (TPSA) is 99.1 Å². The Balaban J connectivity index is 2.17. The molecule has 0 unspecified atom stereocenters. The van der Waals surface area contributed by atoms with Gasteiger partial charge in [0, 0.05) is 29.9 Å². The van der Waals surface area contributed by atoms with E-state index in [4.69, 9.17) is 14.2 Å². The van der Waals surface area contributed by atoms with Crippen LogP contribution in [-0.4, -0.2) is 47.4 Å². The first kappa shape index (κ1) is 22.5. The molecule has 1 N–H and O–H groups in total. The summed E-state index contributed by atoms with van der Waals surface area (Å²) < 4.78 is 17.3. The number of rotatable bonds is 3. The number of hydrogen-bond donors (Lipinski definition) is 1. The van der Waals surface area contributed by atoms with Crippen LogP contribution in [0.25, 0.3) is 0 Å². The number of hydrogen-bond acceptors (Lipinski definition) is 7. The minimum absolute atomic E-state index is 0.101. The Morgan fingerprint density at radius 1 is 1.20 bits per heavy atom. The van der Waals surface area contributed by atoms with Crippen LogP contribution in [0.1, 0.15) is 54.4 Å². The highest BCUT2D eigenvalue weighted by atomic mass is 16.6. The Hall–Kier alpha value is -2.15. The summed E-state index contributed by atoms with van der Waals surface area (Å²) in [7, 11) is 0. The summed E-state index contributed by atoms with van der Waals surface area (Å²) in [6.45, 7) is 14.4. The summed E-state index contributed by atoms with van der Waals surface area (Å²) in [5, 5.41) is 11.2. The molecule has 1 saturated heterocycles. The van der Waals surface area contributed by atoms with Crippen molar-refractivity contribution in [1.29, 1.82) is 0 Å². The number of aliphatic hydroxyl groups is 1. The SMILES string of the molecule is C=C1C(=O)O[C@H]2C[C@@H](C)[C@]3(C)[C@@H](O)C[C@@H](OC(=O)/C(C)=C\C)[C@@]3(C)[C@H](OC(C)=O)[C@H]12. The van der Waals surface area contributed by atoms with Gasteiger partial charge in [-0.3, -0.25) is 4.79 Å². The van der Waals surface area contributed by atoms with Gasteiger partial charge in [-0.15, -0.1) is 0 Å². The van der Waals surface area contributed by atoms with Crippen molar-refractivity contribution in [3.63, 3.8) is 0 Å². The first-order valence-corrected chi connectivity index (χ1v) is 10.5. The van der Waals surface area contributed by atoms with Crippen molar-refractivity contribution in [2.24, 2.45) is 22.7 Å². The second-order valence-corrected chi connectivity index (χ2v) is 9.34. The van der Waals surface area contributed by atoms with Crippen molar-refractivity contribution >= 4 is 17.9 Å². The fourth-order valence-electron chi connectivity index (χ4n) is 5.82. The Bertz CT molecular complexity index is 814. The number of ether oxygens (including phenoxy) is 3. The molecule has 2 saturated carbocycles. The monoisotopic (exact) mass is 420 g/mol. The van der Waals surface area contributed by atoms with Crippen molar-refractivity contribution in [3.8, 4) is 0 Å². The highest BCUT2D eigenvalue weighted by molar-refractivity contribution is 5.91. The van der Waals surface area contributed by atoms with Crippen LogP contribution < -0.4 is 0 Å². The van der Waals surface area contributed by atoms with E-state index in [2.05, 4.69) is 6.58 Å². The van der Waals surface area contributed by atoms with Crippen LogP contribution in [0.15, 0.2) is 23.8 Å². The number of esters is 3. The minimum Gasteiger partial charge on any atom is -0.461 e. The average Bonchev–Trinajstić information content (AvgIpc) is 3.03. The van der Waals surface area contributed by atoms with Crippen LogP contribution in [0.2, 0.25) is 0 Å². The van der Waals surface area contributed by atoms with Crippen molar-refractivity contribution < 1.29 is 33.7 Å². The molecule has 30 heavy (non-hydrogen) atoms. The van der Waals surface area contributed by atoms with E-state index in [1.54, 1.807) is 19.9 Å². The number of fused-ring (bicyclic) bond motifs is 2. The Morgan fingerprint density at radius 2 is 1.83 bits per heavy atom. The van der Waals surface area contributed by atoms with E-state index in [1.807, 2.05) is 20.8 Å². The zero-order valence-electron chi connectivity index (χ0n) is 18.6. The quantitative estimate of drug-likeness (QED) is 0.426. The summed E-state index contributed by atoms with van der Waals surface area (Å²) in [5.41, 5.74) is -1.01. The number of allylic oxidation sites excluding steroid dienone is 1. The van der Waals surface area contributed by atoms with Gasteiger partial charge < -0.3 is 19.3 Å². The van der Waals surface area contributed by atoms with Crippen LogP contribution in [0.3, 0.4) is 0 Å². The lowest BCUT2D eigenvalue weighted by Crippen LogP contribution is -2.57. The van der Waals surface area contributed by atoms with Gasteiger partial charge >= 0.3 is 17.9 Å². The lowest BCUT2D eigenvalue weighted by molar-refractivity contribution is -0.188. The third-order valence-corrected chi connectivity index (χ3v) is 8.11. The molecule has 0 aromatic rings. The van der Waals surface area contributed by atoms with Gasteiger partial charge in [-0.2, -0.15) is 0 Å². The minimum atomic E-state index is -0.961. The Labute approximate surface area is 177 Å². The molecule has 1 aliphatic heterocycles. The van der Waals surface area contributed by atoms with Gasteiger partial charge in [0.1, 0.15) is 18.3 Å². The van der Waals surface area contributed by atoms with E-state index in [0.29, 0.717) is 12.0 Å². The predicted molar refractivity (Wildman–Crippen MR) is 108 cm³/mol. The second kappa shape index (κ2) is 7.52. The number of carbonyl (C=O) groups excluding carboxylic acids is 3. The van der Waals surface area contributed by atoms with E-state index in [9.17, 15) is 19.5 Å². The van der Waals surface area contributed by atoms with E-state index in [0.717, 1.165) is 0 Å². The van der Waals surface area contributed by atoms with Crippen LogP contribution in [0.5, 0.6) is 0 Å². The first-order valence-electron chi connectivity index (χ1n) is 10.5. The number of aliphatic hydroxyl groups excluding tert-OH is 1. The fourth-order valence-corrected chi connectivity index (χ4v) is 5.82. The zero-order valence-corrected chi connectivity index (χ0v) is 18.6. The summed E-state index contributed by atoms with van der Waals surface area (Å²) in [4.78, 5) is 37.1. The van der Waals surface area contributed by atoms with Gasteiger partial charge in [-0.25, -0.2) is 9.59 Å². The molecule has 2 aliphatic carbocycles. The normalized spacial score (nSPS) is 43.4. The molecule has 0 spiro atoms. The van der Waals surface area contributed by atoms with Gasteiger partial charge in [0.2, 0.25) is 0 Å². The summed E-state index contributed by atoms with van der Waals surface area (Å²) in [5.74, 6) is -2.16. The predicted octanol–water partition coefficient (Wildman–Crippen LogP) is 2.71. The Kier molecular flexibility index (Phi) is 5.65. The molecule has 8 atom stereocenters. The molecule has 0 bridgehead atoms. The van der Waals surface area contributed by atoms with Crippen LogP contribution in [0.4, 0.5) is 0 Å². The van der Waals surface area contributed by atoms with Gasteiger partial charge in [-0.1, -0.05) is 33.4 Å². The Morgan fingerprint density at radius 3 is 2.40 bits per heavy atom. The van der Waals surface area contributed by atoms with Crippen LogP contribution in [-0.2, 0) is 28.6 Å². The molecule has 3 fully saturated rings. The molecule has 0 radical (unpaired) electrons. The fraction of sp³-hybridized carbons (Fsp3) is 0.696. The summed E-state index contributed by atoms with van der Waals surface area (Å²) in [6.07, 6.45) is -0.479. The molecule has 0 amide bonds. The molecule has 7 heteroatoms. The van der Waals surface area contributed by atoms with Gasteiger partial charge in [-0.05, 0) is 26.2 Å². The smallest absolute Gasteiger partial charge is 0.334 e.